The molecule has 0 unspecified atom stereocenters. The number of nitrogens with one attached hydrogen (secondary N) is 2. The average molecular weight is 280 g/mol. The Bertz CT molecular complexity index is 431. The van der Waals surface area contributed by atoms with Crippen molar-refractivity contribution in [2.24, 2.45) is 0 Å². The van der Waals surface area contributed by atoms with Gasteiger partial charge in [-0.15, -0.1) is 0 Å². The molecule has 0 atom stereocenters. The fourth-order valence-electron chi connectivity index (χ4n) is 1.43. The fourth-order valence-corrected chi connectivity index (χ4v) is 1.43. The van der Waals surface area contributed by atoms with E-state index in [1.165, 1.54) is 0 Å². The van der Waals surface area contributed by atoms with E-state index in [-0.39, 0.29) is 5.91 Å². The zero-order chi connectivity index (χ0) is 14.8. The zero-order valence-electron chi connectivity index (χ0n) is 11.8. The molecule has 6 nitrogen and oxygen atoms in total. The molecule has 1 aromatic rings. The maximum atomic E-state index is 11.5. The Hall–Kier alpha value is -2.08. The van der Waals surface area contributed by atoms with Gasteiger partial charge in [0.25, 0.3) is 5.91 Å². The van der Waals surface area contributed by atoms with Crippen molar-refractivity contribution in [3.05, 3.63) is 29.8 Å². The summed E-state index contributed by atoms with van der Waals surface area (Å²) in [5, 5.41) is 5.09. The normalized spacial score (nSPS) is 9.90. The first-order valence-electron chi connectivity index (χ1n) is 6.53. The maximum absolute atomic E-state index is 11.5. The lowest BCUT2D eigenvalue weighted by atomic mass is 10.2. The molecule has 0 saturated carbocycles. The van der Waals surface area contributed by atoms with E-state index in [1.807, 2.05) is 6.92 Å². The molecule has 0 bridgehead atoms. The molecule has 0 saturated heterocycles. The highest BCUT2D eigenvalue weighted by Crippen LogP contribution is 2.12. The van der Waals surface area contributed by atoms with Crippen LogP contribution < -0.4 is 15.4 Å². The van der Waals surface area contributed by atoms with Gasteiger partial charge in [-0.05, 0) is 30.7 Å². The number of benzene rings is 1. The highest BCUT2D eigenvalue weighted by Gasteiger charge is 2.06. The predicted octanol–water partition coefficient (Wildman–Crippen LogP) is 1.56. The van der Waals surface area contributed by atoms with Crippen LogP contribution in [0.15, 0.2) is 24.3 Å². The van der Waals surface area contributed by atoms with Gasteiger partial charge in [0, 0.05) is 25.8 Å². The molecule has 0 aliphatic heterocycles. The van der Waals surface area contributed by atoms with E-state index in [4.69, 9.17) is 9.47 Å². The van der Waals surface area contributed by atoms with Crippen molar-refractivity contribution in [3.8, 4) is 5.75 Å². The number of hydrogen-bond acceptors (Lipinski definition) is 4. The number of ether oxygens (including phenoxy) is 2. The minimum atomic E-state index is -0.544. The van der Waals surface area contributed by atoms with Gasteiger partial charge in [0.2, 0.25) is 0 Å². The number of carbonyl (C=O) groups is 2. The summed E-state index contributed by atoms with van der Waals surface area (Å²) < 4.78 is 10.3. The Kier molecular flexibility index (Phi) is 7.13. The third-order valence-corrected chi connectivity index (χ3v) is 2.42. The van der Waals surface area contributed by atoms with Crippen LogP contribution in [0.3, 0.4) is 0 Å². The molecular formula is C14H20N2O4. The summed E-state index contributed by atoms with van der Waals surface area (Å²) in [6.45, 7) is 3.55. The molecule has 0 fully saturated rings. The van der Waals surface area contributed by atoms with Crippen molar-refractivity contribution in [1.29, 1.82) is 0 Å². The largest absolute Gasteiger partial charge is 0.412 e. The number of carbonyl (C=O) groups excluding carboxylic acids is 2. The molecule has 110 valence electrons. The van der Waals surface area contributed by atoms with Gasteiger partial charge in [-0.25, -0.2) is 4.79 Å². The molecule has 0 spiro atoms. The molecule has 6 heteroatoms. The molecule has 2 N–H and O–H groups in total. The summed E-state index contributed by atoms with van der Waals surface area (Å²) in [6, 6.07) is 6.31. The van der Waals surface area contributed by atoms with Gasteiger partial charge in [-0.2, -0.15) is 0 Å². The molecule has 0 aromatic heterocycles. The van der Waals surface area contributed by atoms with Crippen LogP contribution in [0.2, 0.25) is 0 Å². The minimum absolute atomic E-state index is 0.186. The first-order valence-corrected chi connectivity index (χ1v) is 6.53. The van der Waals surface area contributed by atoms with Gasteiger partial charge in [-0.3, -0.25) is 4.79 Å². The van der Waals surface area contributed by atoms with Crippen LogP contribution in [-0.4, -0.2) is 38.8 Å². The molecule has 0 aliphatic rings. The van der Waals surface area contributed by atoms with Gasteiger partial charge >= 0.3 is 6.09 Å². The van der Waals surface area contributed by atoms with Crippen LogP contribution in [0, 0.1) is 0 Å². The van der Waals surface area contributed by atoms with E-state index in [0.717, 1.165) is 6.42 Å². The minimum Gasteiger partial charge on any atom is -0.410 e. The van der Waals surface area contributed by atoms with Gasteiger partial charge in [0.15, 0.2) is 0 Å². The van der Waals surface area contributed by atoms with Crippen molar-refractivity contribution in [3.63, 3.8) is 0 Å². The number of rotatable bonds is 7. The second-order valence-electron chi connectivity index (χ2n) is 4.03. The van der Waals surface area contributed by atoms with Gasteiger partial charge < -0.3 is 20.1 Å². The smallest absolute Gasteiger partial charge is 0.410 e. The van der Waals surface area contributed by atoms with Crippen molar-refractivity contribution in [2.75, 3.05) is 26.8 Å². The maximum Gasteiger partial charge on any atom is 0.412 e. The summed E-state index contributed by atoms with van der Waals surface area (Å²) in [6.07, 6.45) is 0.403. The van der Waals surface area contributed by atoms with Crippen LogP contribution in [0.5, 0.6) is 5.75 Å². The number of amides is 2. The van der Waals surface area contributed by atoms with Crippen molar-refractivity contribution < 1.29 is 19.1 Å². The van der Waals surface area contributed by atoms with E-state index >= 15 is 0 Å². The highest BCUT2D eigenvalue weighted by atomic mass is 16.6. The Morgan fingerprint density at radius 2 is 1.85 bits per heavy atom. The monoisotopic (exact) mass is 280 g/mol. The van der Waals surface area contributed by atoms with Crippen molar-refractivity contribution in [1.82, 2.24) is 10.6 Å². The van der Waals surface area contributed by atoms with Gasteiger partial charge in [0.05, 0.1) is 6.61 Å². The van der Waals surface area contributed by atoms with Crippen LogP contribution in [0.4, 0.5) is 4.79 Å². The molecule has 2 amide bonds. The third kappa shape index (κ3) is 5.71. The first kappa shape index (κ1) is 16.0. The van der Waals surface area contributed by atoms with Crippen LogP contribution >= 0.6 is 0 Å². The predicted molar refractivity (Wildman–Crippen MR) is 75.0 cm³/mol. The molecule has 0 heterocycles. The lowest BCUT2D eigenvalue weighted by Gasteiger charge is -2.07. The lowest BCUT2D eigenvalue weighted by molar-refractivity contribution is 0.0963. The van der Waals surface area contributed by atoms with Crippen LogP contribution in [0.1, 0.15) is 23.7 Å². The molecule has 0 radical (unpaired) electrons. The van der Waals surface area contributed by atoms with E-state index < -0.39 is 6.09 Å². The van der Waals surface area contributed by atoms with Crippen molar-refractivity contribution in [2.45, 2.75) is 13.3 Å². The summed E-state index contributed by atoms with van der Waals surface area (Å²) in [5.74, 6) is 0.193. The Morgan fingerprint density at radius 1 is 1.15 bits per heavy atom. The third-order valence-electron chi connectivity index (χ3n) is 2.42. The molecule has 0 aliphatic carbocycles. The number of hydrogen-bond donors (Lipinski definition) is 2. The topological polar surface area (TPSA) is 76.7 Å². The highest BCUT2D eigenvalue weighted by molar-refractivity contribution is 5.94. The second-order valence-corrected chi connectivity index (χ2v) is 4.03. The van der Waals surface area contributed by atoms with Crippen molar-refractivity contribution >= 4 is 12.0 Å². The second kappa shape index (κ2) is 8.92. The quantitative estimate of drug-likeness (QED) is 0.743. The van der Waals surface area contributed by atoms with Gasteiger partial charge in [-0.1, -0.05) is 6.92 Å². The molecular weight excluding hydrogens is 260 g/mol. The Labute approximate surface area is 118 Å². The first-order chi connectivity index (χ1) is 9.67. The van der Waals surface area contributed by atoms with E-state index in [1.54, 1.807) is 31.3 Å². The van der Waals surface area contributed by atoms with Crippen LogP contribution in [-0.2, 0) is 4.74 Å². The average Bonchev–Trinajstić information content (AvgIpc) is 2.47. The SMILES string of the molecule is CCCOCCNC(=O)Oc1ccc(C(=O)NC)cc1. The summed E-state index contributed by atoms with van der Waals surface area (Å²) in [7, 11) is 1.56. The fraction of sp³-hybridized carbons (Fsp3) is 0.429. The van der Waals surface area contributed by atoms with E-state index in [0.29, 0.717) is 31.1 Å². The summed E-state index contributed by atoms with van der Waals surface area (Å²) >= 11 is 0. The van der Waals surface area contributed by atoms with E-state index in [2.05, 4.69) is 10.6 Å². The zero-order valence-corrected chi connectivity index (χ0v) is 11.8. The lowest BCUT2D eigenvalue weighted by Crippen LogP contribution is -2.30. The van der Waals surface area contributed by atoms with E-state index in [9.17, 15) is 9.59 Å². The molecule has 1 aromatic carbocycles. The summed E-state index contributed by atoms with van der Waals surface area (Å²) in [4.78, 5) is 22.8. The Morgan fingerprint density at radius 3 is 2.45 bits per heavy atom. The van der Waals surface area contributed by atoms with Crippen LogP contribution in [0.25, 0.3) is 0 Å². The standard InChI is InChI=1S/C14H20N2O4/c1-3-9-19-10-8-16-14(18)20-12-6-4-11(5-7-12)13(17)15-2/h4-7H,3,8-10H2,1-2H3,(H,15,17)(H,16,18). The Balaban J connectivity index is 2.33. The van der Waals surface area contributed by atoms with Gasteiger partial charge in [0.1, 0.15) is 5.75 Å². The molecule has 20 heavy (non-hydrogen) atoms. The summed E-state index contributed by atoms with van der Waals surface area (Å²) in [5.41, 5.74) is 0.508. The molecule has 1 rings (SSSR count).